The molecular weight excluding hydrogens is 620 g/mol. The standard InChI is InChI=1S/C34H44N6O8/c1-5-27(37-33(45)47-3)31(43)39-17-15-23(19-39)29(41)35-25-11-7-21(8-12-25)22-9-13-26(14-10-22)36-30(42)24-16-18-40(20-24)32(44)28(6-2)38-34(46)48-4/h7-14,23-24,27-28H,5-6,15-20H2,1-4H3,(H,35,41)(H,36,42)(H,37,45)(H,38,46)/t23-,24+,27+,28-. The number of benzene rings is 2. The van der Waals surface area contributed by atoms with Gasteiger partial charge in [-0.15, -0.1) is 0 Å². The third kappa shape index (κ3) is 9.02. The molecule has 2 fully saturated rings. The van der Waals surface area contributed by atoms with E-state index < -0.39 is 24.3 Å². The smallest absolute Gasteiger partial charge is 0.407 e. The number of carbonyl (C=O) groups is 6. The van der Waals surface area contributed by atoms with Crippen molar-refractivity contribution in [1.82, 2.24) is 20.4 Å². The minimum absolute atomic E-state index is 0.176. The molecule has 2 aromatic carbocycles. The van der Waals surface area contributed by atoms with Gasteiger partial charge in [0.05, 0.1) is 26.1 Å². The molecule has 2 aliphatic heterocycles. The second kappa shape index (κ2) is 16.6. The van der Waals surface area contributed by atoms with Gasteiger partial charge in [-0.3, -0.25) is 19.2 Å². The highest BCUT2D eigenvalue weighted by Crippen LogP contribution is 2.26. The van der Waals surface area contributed by atoms with Crippen molar-refractivity contribution < 1.29 is 38.2 Å². The van der Waals surface area contributed by atoms with E-state index in [1.165, 1.54) is 14.2 Å². The topological polar surface area (TPSA) is 175 Å². The number of likely N-dealkylation sites (tertiary alicyclic amines) is 2. The molecule has 0 aromatic heterocycles. The van der Waals surface area contributed by atoms with Crippen LogP contribution in [0.4, 0.5) is 21.0 Å². The third-order valence-electron chi connectivity index (χ3n) is 8.75. The molecule has 6 amide bonds. The van der Waals surface area contributed by atoms with Gasteiger partial charge in [0.25, 0.3) is 0 Å². The van der Waals surface area contributed by atoms with Crippen LogP contribution < -0.4 is 21.3 Å². The van der Waals surface area contributed by atoms with Crippen molar-refractivity contribution in [2.45, 2.75) is 51.6 Å². The monoisotopic (exact) mass is 664 g/mol. The molecule has 2 aromatic rings. The Balaban J connectivity index is 1.25. The fourth-order valence-electron chi connectivity index (χ4n) is 5.85. The summed E-state index contributed by atoms with van der Waals surface area (Å²) in [7, 11) is 2.48. The van der Waals surface area contributed by atoms with E-state index in [0.29, 0.717) is 50.1 Å². The van der Waals surface area contributed by atoms with Gasteiger partial charge < -0.3 is 40.5 Å². The highest BCUT2D eigenvalue weighted by atomic mass is 16.5. The van der Waals surface area contributed by atoms with E-state index in [0.717, 1.165) is 11.1 Å². The normalized spacial score (nSPS) is 18.3. The fourth-order valence-corrected chi connectivity index (χ4v) is 5.85. The van der Waals surface area contributed by atoms with Crippen LogP contribution >= 0.6 is 0 Å². The first-order valence-electron chi connectivity index (χ1n) is 16.2. The first kappa shape index (κ1) is 35.7. The van der Waals surface area contributed by atoms with Crippen molar-refractivity contribution in [3.8, 4) is 11.1 Å². The summed E-state index contributed by atoms with van der Waals surface area (Å²) < 4.78 is 9.20. The molecule has 4 atom stereocenters. The van der Waals surface area contributed by atoms with Crippen molar-refractivity contribution in [3.63, 3.8) is 0 Å². The lowest BCUT2D eigenvalue weighted by atomic mass is 10.0. The molecule has 0 bridgehead atoms. The second-order valence-corrected chi connectivity index (χ2v) is 11.9. The van der Waals surface area contributed by atoms with Crippen molar-refractivity contribution in [2.75, 3.05) is 51.0 Å². The van der Waals surface area contributed by atoms with Crippen molar-refractivity contribution in [2.24, 2.45) is 11.8 Å². The first-order valence-corrected chi connectivity index (χ1v) is 16.2. The number of nitrogens with zero attached hydrogens (tertiary/aromatic N) is 2. The first-order chi connectivity index (χ1) is 23.1. The molecule has 2 aliphatic rings. The SMILES string of the molecule is CC[C@H](NC(=O)OC)C(=O)N1CC[C@@H](C(=O)Nc2ccc(-c3ccc(NC(=O)[C@H]4CCN(C(=O)[C@@H](CC)NC(=O)OC)C4)cc3)cc2)C1. The van der Waals surface area contributed by atoms with Crippen LogP contribution in [0.25, 0.3) is 11.1 Å². The number of alkyl carbamates (subject to hydrolysis) is 2. The van der Waals surface area contributed by atoms with E-state index in [1.807, 2.05) is 48.5 Å². The van der Waals surface area contributed by atoms with Gasteiger partial charge in [0.1, 0.15) is 12.1 Å². The summed E-state index contributed by atoms with van der Waals surface area (Å²) in [6.45, 7) is 5.00. The number of ether oxygens (including phenoxy) is 2. The molecule has 0 saturated carbocycles. The number of nitrogens with one attached hydrogen (secondary N) is 4. The van der Waals surface area contributed by atoms with E-state index in [9.17, 15) is 28.8 Å². The van der Waals surface area contributed by atoms with Crippen molar-refractivity contribution >= 4 is 47.2 Å². The van der Waals surface area contributed by atoms with Crippen LogP contribution in [-0.2, 0) is 28.7 Å². The molecule has 4 rings (SSSR count). The number of methoxy groups -OCH3 is 2. The number of hydrogen-bond acceptors (Lipinski definition) is 8. The maximum atomic E-state index is 13.0. The molecule has 0 aliphatic carbocycles. The highest BCUT2D eigenvalue weighted by Gasteiger charge is 2.35. The van der Waals surface area contributed by atoms with Crippen LogP contribution in [-0.4, -0.2) is 98.1 Å². The van der Waals surface area contributed by atoms with Gasteiger partial charge in [0.15, 0.2) is 0 Å². The Kier molecular flexibility index (Phi) is 12.4. The summed E-state index contributed by atoms with van der Waals surface area (Å²) in [5, 5.41) is 10.9. The molecule has 14 nitrogen and oxygen atoms in total. The molecule has 258 valence electrons. The Hall–Kier alpha value is -5.14. The van der Waals surface area contributed by atoms with Crippen LogP contribution in [0.1, 0.15) is 39.5 Å². The molecule has 0 spiro atoms. The minimum atomic E-state index is -0.703. The molecule has 0 radical (unpaired) electrons. The van der Waals surface area contributed by atoms with Crippen LogP contribution in [0.5, 0.6) is 0 Å². The van der Waals surface area contributed by atoms with Gasteiger partial charge in [0, 0.05) is 37.6 Å². The lowest BCUT2D eigenvalue weighted by Gasteiger charge is -2.23. The number of amides is 6. The molecule has 0 unspecified atom stereocenters. The van der Waals surface area contributed by atoms with E-state index in [2.05, 4.69) is 30.7 Å². The third-order valence-corrected chi connectivity index (χ3v) is 8.75. The van der Waals surface area contributed by atoms with Crippen LogP contribution in [0.2, 0.25) is 0 Å². The Morgan fingerprint density at radius 1 is 0.646 bits per heavy atom. The summed E-state index contributed by atoms with van der Waals surface area (Å²) >= 11 is 0. The van der Waals surface area contributed by atoms with E-state index in [-0.39, 0.29) is 48.6 Å². The van der Waals surface area contributed by atoms with Gasteiger partial charge in [-0.25, -0.2) is 9.59 Å². The predicted octanol–water partition coefficient (Wildman–Crippen LogP) is 3.20. The molecule has 2 heterocycles. The van der Waals surface area contributed by atoms with E-state index >= 15 is 0 Å². The minimum Gasteiger partial charge on any atom is -0.453 e. The Labute approximate surface area is 279 Å². The Morgan fingerprint density at radius 3 is 1.31 bits per heavy atom. The van der Waals surface area contributed by atoms with Crippen LogP contribution in [0.15, 0.2) is 48.5 Å². The van der Waals surface area contributed by atoms with Gasteiger partial charge in [-0.1, -0.05) is 38.1 Å². The quantitative estimate of drug-likeness (QED) is 0.283. The maximum Gasteiger partial charge on any atom is 0.407 e. The molecule has 14 heteroatoms. The average Bonchev–Trinajstić information content (AvgIpc) is 3.81. The van der Waals surface area contributed by atoms with Gasteiger partial charge >= 0.3 is 12.2 Å². The van der Waals surface area contributed by atoms with E-state index in [4.69, 9.17) is 0 Å². The van der Waals surface area contributed by atoms with Gasteiger partial charge in [-0.2, -0.15) is 0 Å². The summed E-state index contributed by atoms with van der Waals surface area (Å²) in [5.41, 5.74) is 3.10. The summed E-state index contributed by atoms with van der Waals surface area (Å²) in [4.78, 5) is 77.9. The second-order valence-electron chi connectivity index (χ2n) is 11.9. The van der Waals surface area contributed by atoms with Gasteiger partial charge in [0.2, 0.25) is 23.6 Å². The number of carbonyl (C=O) groups excluding carboxylic acids is 6. The highest BCUT2D eigenvalue weighted by molar-refractivity contribution is 5.95. The summed E-state index contributed by atoms with van der Waals surface area (Å²) in [6.07, 6.45) is 0.531. The molecular formula is C34H44N6O8. The summed E-state index contributed by atoms with van der Waals surface area (Å²) in [6, 6.07) is 13.4. The van der Waals surface area contributed by atoms with E-state index in [1.54, 1.807) is 23.6 Å². The predicted molar refractivity (Wildman–Crippen MR) is 178 cm³/mol. The fraction of sp³-hybridized carbons (Fsp3) is 0.471. The average molecular weight is 665 g/mol. The van der Waals surface area contributed by atoms with Crippen LogP contribution in [0.3, 0.4) is 0 Å². The largest absolute Gasteiger partial charge is 0.453 e. The molecule has 2 saturated heterocycles. The zero-order valence-electron chi connectivity index (χ0n) is 27.7. The lowest BCUT2D eigenvalue weighted by molar-refractivity contribution is -0.133. The molecule has 4 N–H and O–H groups in total. The Morgan fingerprint density at radius 2 is 1.00 bits per heavy atom. The van der Waals surface area contributed by atoms with Crippen molar-refractivity contribution in [1.29, 1.82) is 0 Å². The number of anilines is 2. The van der Waals surface area contributed by atoms with Crippen LogP contribution in [0, 0.1) is 11.8 Å². The Bertz CT molecular complexity index is 1370. The molecule has 48 heavy (non-hydrogen) atoms. The zero-order chi connectivity index (χ0) is 34.8. The lowest BCUT2D eigenvalue weighted by Crippen LogP contribution is -2.47. The number of hydrogen-bond donors (Lipinski definition) is 4. The zero-order valence-corrected chi connectivity index (χ0v) is 27.7. The van der Waals surface area contributed by atoms with Gasteiger partial charge in [-0.05, 0) is 61.1 Å². The summed E-state index contributed by atoms with van der Waals surface area (Å²) in [5.74, 6) is -1.55. The number of rotatable bonds is 11. The maximum absolute atomic E-state index is 13.0. The van der Waals surface area contributed by atoms with Crippen molar-refractivity contribution in [3.05, 3.63) is 48.5 Å².